The van der Waals surface area contributed by atoms with Gasteiger partial charge >= 0.3 is 5.97 Å². The number of anilines is 1. The second-order valence-corrected chi connectivity index (χ2v) is 6.67. The molecule has 2 N–H and O–H groups in total. The molecule has 1 heterocycles. The Morgan fingerprint density at radius 3 is 2.74 bits per heavy atom. The van der Waals surface area contributed by atoms with Gasteiger partial charge in [-0.2, -0.15) is 0 Å². The van der Waals surface area contributed by atoms with Crippen LogP contribution in [-0.2, 0) is 0 Å². The van der Waals surface area contributed by atoms with E-state index in [-0.39, 0.29) is 11.6 Å². The summed E-state index contributed by atoms with van der Waals surface area (Å²) in [5.74, 6) is -0.958. The van der Waals surface area contributed by atoms with Crippen molar-refractivity contribution in [3.63, 3.8) is 0 Å². The van der Waals surface area contributed by atoms with Crippen LogP contribution in [0.25, 0.3) is 0 Å². The molecule has 0 saturated heterocycles. The number of carbonyl (C=O) groups is 1. The summed E-state index contributed by atoms with van der Waals surface area (Å²) in [5.41, 5.74) is 0.830. The number of hydrogen-bond acceptors (Lipinski definition) is 3. The molecule has 1 aromatic carbocycles. The third kappa shape index (κ3) is 3.49. The van der Waals surface area contributed by atoms with Crippen LogP contribution in [0.1, 0.15) is 28.2 Å². The third-order valence-corrected chi connectivity index (χ3v) is 4.51. The summed E-state index contributed by atoms with van der Waals surface area (Å²) < 4.78 is 1.46. The van der Waals surface area contributed by atoms with E-state index in [9.17, 15) is 9.90 Å². The second kappa shape index (κ2) is 5.94. The molecule has 0 spiro atoms. The van der Waals surface area contributed by atoms with Crippen LogP contribution < -0.4 is 5.32 Å². The molecule has 0 radical (unpaired) electrons. The predicted octanol–water partition coefficient (Wildman–Crippen LogP) is 5.04. The lowest BCUT2D eigenvalue weighted by Crippen LogP contribution is -2.09. The van der Waals surface area contributed by atoms with E-state index >= 15 is 0 Å². The van der Waals surface area contributed by atoms with E-state index in [4.69, 9.17) is 11.6 Å². The van der Waals surface area contributed by atoms with Gasteiger partial charge in [0.2, 0.25) is 0 Å². The largest absolute Gasteiger partial charge is 0.478 e. The van der Waals surface area contributed by atoms with Gasteiger partial charge in [0.05, 0.1) is 15.9 Å². The second-order valence-electron chi connectivity index (χ2n) is 4.00. The Hall–Kier alpha value is -1.04. The van der Waals surface area contributed by atoms with Crippen molar-refractivity contribution in [3.05, 3.63) is 49.6 Å². The van der Waals surface area contributed by atoms with E-state index in [2.05, 4.69) is 21.2 Å². The first kappa shape index (κ1) is 14.4. The Kier molecular flexibility index (Phi) is 4.50. The Morgan fingerprint density at radius 1 is 1.42 bits per heavy atom. The number of thiophene rings is 1. The molecule has 1 aromatic heterocycles. The number of carboxylic acids is 1. The van der Waals surface area contributed by atoms with Crippen molar-refractivity contribution in [3.8, 4) is 0 Å². The number of rotatable bonds is 4. The van der Waals surface area contributed by atoms with Gasteiger partial charge in [-0.15, -0.1) is 11.3 Å². The van der Waals surface area contributed by atoms with Crippen molar-refractivity contribution in [1.29, 1.82) is 0 Å². The van der Waals surface area contributed by atoms with E-state index < -0.39 is 5.97 Å². The fourth-order valence-electron chi connectivity index (χ4n) is 1.68. The Morgan fingerprint density at radius 2 is 2.16 bits per heavy atom. The maximum atomic E-state index is 11.2. The zero-order valence-electron chi connectivity index (χ0n) is 9.98. The van der Waals surface area contributed by atoms with Gasteiger partial charge in [0, 0.05) is 15.0 Å². The minimum atomic E-state index is -0.958. The molecule has 0 bridgehead atoms. The maximum Gasteiger partial charge on any atom is 0.337 e. The molecule has 19 heavy (non-hydrogen) atoms. The fraction of sp³-hybridized carbons (Fsp3) is 0.154. The number of halogens is 2. The van der Waals surface area contributed by atoms with Crippen LogP contribution in [-0.4, -0.2) is 11.1 Å². The first-order chi connectivity index (χ1) is 8.97. The molecular weight excluding hydrogens is 350 g/mol. The SMILES string of the molecule is CC(Nc1ccc(Br)cc1C(=O)O)c1ccc(Cl)s1. The van der Waals surface area contributed by atoms with Gasteiger partial charge in [0.1, 0.15) is 0 Å². The lowest BCUT2D eigenvalue weighted by molar-refractivity contribution is 0.0698. The monoisotopic (exact) mass is 359 g/mol. The lowest BCUT2D eigenvalue weighted by Gasteiger charge is -2.15. The smallest absolute Gasteiger partial charge is 0.337 e. The molecule has 0 aliphatic rings. The summed E-state index contributed by atoms with van der Waals surface area (Å²) in [5, 5.41) is 12.4. The number of aromatic carboxylic acids is 1. The van der Waals surface area contributed by atoms with Crippen molar-refractivity contribution in [2.24, 2.45) is 0 Å². The van der Waals surface area contributed by atoms with Crippen LogP contribution in [0.2, 0.25) is 4.34 Å². The highest BCUT2D eigenvalue weighted by Crippen LogP contribution is 2.30. The normalized spacial score (nSPS) is 12.2. The highest BCUT2D eigenvalue weighted by molar-refractivity contribution is 9.10. The van der Waals surface area contributed by atoms with Crippen molar-refractivity contribution < 1.29 is 9.90 Å². The molecule has 0 fully saturated rings. The average molecular weight is 361 g/mol. The van der Waals surface area contributed by atoms with Crippen molar-refractivity contribution in [2.45, 2.75) is 13.0 Å². The third-order valence-electron chi connectivity index (χ3n) is 2.60. The highest BCUT2D eigenvalue weighted by Gasteiger charge is 2.14. The number of nitrogens with one attached hydrogen (secondary N) is 1. The van der Waals surface area contributed by atoms with E-state index in [0.717, 1.165) is 13.7 Å². The maximum absolute atomic E-state index is 11.2. The molecule has 2 rings (SSSR count). The summed E-state index contributed by atoms with van der Waals surface area (Å²) in [6.07, 6.45) is 0. The molecular formula is C13H11BrClNO2S. The van der Waals surface area contributed by atoms with Gasteiger partial charge in [-0.3, -0.25) is 0 Å². The van der Waals surface area contributed by atoms with Gasteiger partial charge in [0.25, 0.3) is 0 Å². The van der Waals surface area contributed by atoms with Crippen LogP contribution in [0.15, 0.2) is 34.8 Å². The Labute approximate surface area is 128 Å². The van der Waals surface area contributed by atoms with Gasteiger partial charge in [-0.05, 0) is 37.3 Å². The van der Waals surface area contributed by atoms with Gasteiger partial charge in [-0.1, -0.05) is 27.5 Å². The molecule has 1 atom stereocenters. The zero-order chi connectivity index (χ0) is 14.0. The average Bonchev–Trinajstić information content (AvgIpc) is 2.78. The molecule has 0 aliphatic carbocycles. The standard InChI is InChI=1S/C13H11BrClNO2S/c1-7(11-4-5-12(15)19-11)16-10-3-2-8(14)6-9(10)13(17)18/h2-7,16H,1H3,(H,17,18). The lowest BCUT2D eigenvalue weighted by atomic mass is 10.1. The molecule has 100 valence electrons. The van der Waals surface area contributed by atoms with E-state index in [1.807, 2.05) is 25.1 Å². The van der Waals surface area contributed by atoms with E-state index in [1.165, 1.54) is 11.3 Å². The summed E-state index contributed by atoms with van der Waals surface area (Å²) in [6, 6.07) is 8.90. The molecule has 3 nitrogen and oxygen atoms in total. The van der Waals surface area contributed by atoms with Crippen molar-refractivity contribution in [1.82, 2.24) is 0 Å². The number of benzene rings is 1. The minimum Gasteiger partial charge on any atom is -0.478 e. The topological polar surface area (TPSA) is 49.3 Å². The van der Waals surface area contributed by atoms with Crippen molar-refractivity contribution in [2.75, 3.05) is 5.32 Å². The zero-order valence-corrected chi connectivity index (χ0v) is 13.1. The first-order valence-corrected chi connectivity index (χ1v) is 7.50. The molecule has 6 heteroatoms. The van der Waals surface area contributed by atoms with Crippen molar-refractivity contribution >= 4 is 50.5 Å². The fourth-order valence-corrected chi connectivity index (χ4v) is 3.11. The van der Waals surface area contributed by atoms with E-state index in [1.54, 1.807) is 12.1 Å². The van der Waals surface area contributed by atoms with Crippen LogP contribution in [0, 0.1) is 0 Å². The molecule has 0 saturated carbocycles. The van der Waals surface area contributed by atoms with Crippen LogP contribution in [0.4, 0.5) is 5.69 Å². The predicted molar refractivity (Wildman–Crippen MR) is 82.5 cm³/mol. The molecule has 0 amide bonds. The summed E-state index contributed by atoms with van der Waals surface area (Å²) >= 11 is 10.7. The molecule has 2 aromatic rings. The van der Waals surface area contributed by atoms with Crippen LogP contribution in [0.5, 0.6) is 0 Å². The van der Waals surface area contributed by atoms with Gasteiger partial charge in [0.15, 0.2) is 0 Å². The highest BCUT2D eigenvalue weighted by atomic mass is 79.9. The first-order valence-electron chi connectivity index (χ1n) is 5.52. The van der Waals surface area contributed by atoms with Gasteiger partial charge < -0.3 is 10.4 Å². The van der Waals surface area contributed by atoms with Crippen LogP contribution in [0.3, 0.4) is 0 Å². The Bertz CT molecular complexity index is 614. The summed E-state index contributed by atoms with van der Waals surface area (Å²) in [4.78, 5) is 12.3. The molecule has 0 aliphatic heterocycles. The number of carboxylic acid groups (broad SMARTS) is 1. The number of hydrogen-bond donors (Lipinski definition) is 2. The van der Waals surface area contributed by atoms with E-state index in [0.29, 0.717) is 5.69 Å². The van der Waals surface area contributed by atoms with Gasteiger partial charge in [-0.25, -0.2) is 4.79 Å². The quantitative estimate of drug-likeness (QED) is 0.803. The summed E-state index contributed by atoms with van der Waals surface area (Å²) in [7, 11) is 0. The van der Waals surface area contributed by atoms with Crippen LogP contribution >= 0.6 is 38.9 Å². The summed E-state index contributed by atoms with van der Waals surface area (Å²) in [6.45, 7) is 1.97. The minimum absolute atomic E-state index is 0.00299. The Balaban J connectivity index is 2.26. The molecule has 1 unspecified atom stereocenters.